The molecule has 164 valence electrons. The van der Waals surface area contributed by atoms with Crippen molar-refractivity contribution in [3.63, 3.8) is 0 Å². The van der Waals surface area contributed by atoms with Crippen LogP contribution in [0.4, 0.5) is 21.6 Å². The quantitative estimate of drug-likeness (QED) is 0.320. The fraction of sp³-hybridized carbons (Fsp3) is 0. The van der Waals surface area contributed by atoms with Crippen LogP contribution in [0.3, 0.4) is 0 Å². The van der Waals surface area contributed by atoms with E-state index in [-0.39, 0.29) is 4.90 Å². The van der Waals surface area contributed by atoms with Gasteiger partial charge in [-0.2, -0.15) is 0 Å². The van der Waals surface area contributed by atoms with Crippen molar-refractivity contribution in [2.45, 2.75) is 4.90 Å². The predicted molar refractivity (Wildman–Crippen MR) is 126 cm³/mol. The van der Waals surface area contributed by atoms with Crippen molar-refractivity contribution in [3.8, 4) is 11.3 Å². The Morgan fingerprint density at radius 3 is 2.48 bits per heavy atom. The number of anilines is 3. The average molecular weight is 460 g/mol. The summed E-state index contributed by atoms with van der Waals surface area (Å²) in [6.45, 7) is 0. The highest BCUT2D eigenvalue weighted by Gasteiger charge is 2.14. The molecule has 5 rings (SSSR count). The summed E-state index contributed by atoms with van der Waals surface area (Å²) in [4.78, 5) is 11.7. The number of hydrogen-bond acceptors (Lipinski definition) is 5. The molecule has 0 aliphatic heterocycles. The highest BCUT2D eigenvalue weighted by Crippen LogP contribution is 2.25. The van der Waals surface area contributed by atoms with Crippen molar-refractivity contribution in [1.82, 2.24) is 15.0 Å². The minimum Gasteiger partial charge on any atom is -0.361 e. The lowest BCUT2D eigenvalue weighted by molar-refractivity contribution is 0.595. The van der Waals surface area contributed by atoms with Crippen LogP contribution in [0.15, 0.2) is 96.3 Å². The number of rotatable bonds is 6. The smallest absolute Gasteiger partial charge is 0.261 e. The Morgan fingerprint density at radius 1 is 0.848 bits per heavy atom. The van der Waals surface area contributed by atoms with Gasteiger partial charge in [0.25, 0.3) is 10.0 Å². The summed E-state index contributed by atoms with van der Waals surface area (Å²) in [5, 5.41) is 4.29. The van der Waals surface area contributed by atoms with Crippen molar-refractivity contribution >= 4 is 38.1 Å². The molecule has 33 heavy (non-hydrogen) atoms. The maximum Gasteiger partial charge on any atom is 0.261 e. The van der Waals surface area contributed by atoms with Crippen LogP contribution in [-0.2, 0) is 10.0 Å². The fourth-order valence-corrected chi connectivity index (χ4v) is 4.50. The van der Waals surface area contributed by atoms with E-state index >= 15 is 0 Å². The van der Waals surface area contributed by atoms with Crippen LogP contribution in [-0.4, -0.2) is 23.4 Å². The van der Waals surface area contributed by atoms with E-state index in [0.717, 1.165) is 33.9 Å². The second-order valence-corrected chi connectivity index (χ2v) is 9.02. The maximum atomic E-state index is 13.4. The Hall–Kier alpha value is -4.24. The Balaban J connectivity index is 1.32. The van der Waals surface area contributed by atoms with Crippen LogP contribution in [0.25, 0.3) is 22.2 Å². The van der Waals surface area contributed by atoms with E-state index in [1.54, 1.807) is 24.3 Å². The highest BCUT2D eigenvalue weighted by molar-refractivity contribution is 7.92. The van der Waals surface area contributed by atoms with Crippen LogP contribution >= 0.6 is 0 Å². The van der Waals surface area contributed by atoms with Crippen LogP contribution in [0, 0.1) is 5.82 Å². The number of fused-ring (bicyclic) bond motifs is 1. The summed E-state index contributed by atoms with van der Waals surface area (Å²) in [6, 6.07) is 21.4. The van der Waals surface area contributed by atoms with E-state index in [1.165, 1.54) is 24.5 Å². The number of halogens is 1. The molecule has 0 aliphatic rings. The summed E-state index contributed by atoms with van der Waals surface area (Å²) < 4.78 is 40.7. The summed E-state index contributed by atoms with van der Waals surface area (Å²) in [5.74, 6) is -0.0167. The number of nitrogens with zero attached hydrogens (tertiary/aromatic N) is 2. The molecule has 0 saturated carbocycles. The molecule has 0 unspecified atom stereocenters. The molecule has 0 aliphatic carbocycles. The minimum absolute atomic E-state index is 0.143. The summed E-state index contributed by atoms with van der Waals surface area (Å²) in [7, 11) is -3.89. The molecule has 0 fully saturated rings. The van der Waals surface area contributed by atoms with Gasteiger partial charge in [-0.15, -0.1) is 0 Å². The molecule has 0 atom stereocenters. The van der Waals surface area contributed by atoms with Crippen molar-refractivity contribution in [2.24, 2.45) is 0 Å². The zero-order valence-electron chi connectivity index (χ0n) is 17.2. The second-order valence-electron chi connectivity index (χ2n) is 7.33. The molecule has 7 nitrogen and oxygen atoms in total. The lowest BCUT2D eigenvalue weighted by Crippen LogP contribution is -2.13. The van der Waals surface area contributed by atoms with E-state index in [0.29, 0.717) is 11.5 Å². The predicted octanol–water partition coefficient (Wildman–Crippen LogP) is 5.31. The first kappa shape index (κ1) is 20.7. The molecule has 9 heteroatoms. The van der Waals surface area contributed by atoms with Gasteiger partial charge in [0, 0.05) is 40.1 Å². The molecule has 2 aromatic heterocycles. The maximum absolute atomic E-state index is 13.4. The molecule has 0 radical (unpaired) electrons. The van der Waals surface area contributed by atoms with Crippen LogP contribution in [0.5, 0.6) is 0 Å². The summed E-state index contributed by atoms with van der Waals surface area (Å²) in [5.41, 5.74) is 3.87. The van der Waals surface area contributed by atoms with Crippen molar-refractivity contribution < 1.29 is 12.8 Å². The number of aromatic nitrogens is 3. The van der Waals surface area contributed by atoms with Gasteiger partial charge in [-0.3, -0.25) is 4.72 Å². The monoisotopic (exact) mass is 459 g/mol. The van der Waals surface area contributed by atoms with Crippen molar-refractivity contribution in [2.75, 3.05) is 10.0 Å². The Labute approximate surface area is 189 Å². The molecule has 0 amide bonds. The van der Waals surface area contributed by atoms with E-state index < -0.39 is 15.8 Å². The molecular weight excluding hydrogens is 441 g/mol. The standard InChI is InChI=1S/C24H18FN5O2S/c25-18-2-1-3-21(13-18)33(31,32)30-20-7-5-19(6-8-20)29-24-14-23(27-15-28-24)16-4-9-22-17(12-16)10-11-26-22/h1-15,26,30H,(H,27,28,29). The highest BCUT2D eigenvalue weighted by atomic mass is 32.2. The summed E-state index contributed by atoms with van der Waals surface area (Å²) in [6.07, 6.45) is 3.38. The SMILES string of the molecule is O=S(=O)(Nc1ccc(Nc2cc(-c3ccc4[nH]ccc4c3)ncn2)cc1)c1cccc(F)c1. The molecular formula is C24H18FN5O2S. The lowest BCUT2D eigenvalue weighted by Gasteiger charge is -2.10. The van der Waals surface area contributed by atoms with Gasteiger partial charge in [-0.25, -0.2) is 22.8 Å². The largest absolute Gasteiger partial charge is 0.361 e. The Kier molecular flexibility index (Phi) is 5.23. The second kappa shape index (κ2) is 8.36. The molecule has 0 saturated heterocycles. The van der Waals surface area contributed by atoms with E-state index in [2.05, 4.69) is 31.1 Å². The fourth-order valence-electron chi connectivity index (χ4n) is 3.41. The van der Waals surface area contributed by atoms with Crippen molar-refractivity contribution in [3.05, 3.63) is 97.2 Å². The first-order valence-electron chi connectivity index (χ1n) is 10.0. The number of aromatic amines is 1. The van der Waals surface area contributed by atoms with Gasteiger partial charge in [0.2, 0.25) is 0 Å². The zero-order valence-corrected chi connectivity index (χ0v) is 18.0. The minimum atomic E-state index is -3.89. The number of nitrogens with one attached hydrogen (secondary N) is 3. The first-order valence-corrected chi connectivity index (χ1v) is 11.5. The number of hydrogen-bond donors (Lipinski definition) is 3. The topological polar surface area (TPSA) is 99.8 Å². The van der Waals surface area contributed by atoms with Gasteiger partial charge in [-0.1, -0.05) is 12.1 Å². The molecule has 3 aromatic carbocycles. The molecule has 5 aromatic rings. The van der Waals surface area contributed by atoms with Crippen LogP contribution in [0.1, 0.15) is 0 Å². The Bertz CT molecular complexity index is 1550. The number of sulfonamides is 1. The number of benzene rings is 3. The third kappa shape index (κ3) is 4.53. The molecule has 3 N–H and O–H groups in total. The third-order valence-corrected chi connectivity index (χ3v) is 6.41. The van der Waals surface area contributed by atoms with Gasteiger partial charge >= 0.3 is 0 Å². The molecule has 0 spiro atoms. The third-order valence-electron chi connectivity index (χ3n) is 5.03. The lowest BCUT2D eigenvalue weighted by atomic mass is 10.1. The van der Waals surface area contributed by atoms with Gasteiger partial charge in [0.15, 0.2) is 0 Å². The summed E-state index contributed by atoms with van der Waals surface area (Å²) >= 11 is 0. The van der Waals surface area contributed by atoms with Gasteiger partial charge < -0.3 is 10.3 Å². The van der Waals surface area contributed by atoms with E-state index in [9.17, 15) is 12.8 Å². The molecule has 0 bridgehead atoms. The van der Waals surface area contributed by atoms with E-state index in [1.807, 2.05) is 30.5 Å². The first-order chi connectivity index (χ1) is 16.0. The zero-order chi connectivity index (χ0) is 22.8. The average Bonchev–Trinajstić information content (AvgIpc) is 3.28. The van der Waals surface area contributed by atoms with Gasteiger partial charge in [0.05, 0.1) is 10.6 Å². The van der Waals surface area contributed by atoms with Crippen LogP contribution in [0.2, 0.25) is 0 Å². The van der Waals surface area contributed by atoms with E-state index in [4.69, 9.17) is 0 Å². The van der Waals surface area contributed by atoms with Gasteiger partial charge in [0.1, 0.15) is 18.0 Å². The molecule has 2 heterocycles. The van der Waals surface area contributed by atoms with Crippen molar-refractivity contribution in [1.29, 1.82) is 0 Å². The number of H-pyrrole nitrogens is 1. The Morgan fingerprint density at radius 2 is 1.67 bits per heavy atom. The normalized spacial score (nSPS) is 11.4. The van der Waals surface area contributed by atoms with Gasteiger partial charge in [-0.05, 0) is 60.7 Å². The van der Waals surface area contributed by atoms with Crippen LogP contribution < -0.4 is 10.0 Å².